The second kappa shape index (κ2) is 5.84. The largest absolute Gasteiger partial charge is 0.363 e. The molecule has 0 aliphatic rings. The molecule has 5 heteroatoms. The Morgan fingerprint density at radius 1 is 1.47 bits per heavy atom. The fraction of sp³-hybridized carbons (Fsp3) is 0.357. The lowest BCUT2D eigenvalue weighted by Gasteiger charge is -2.31. The number of benzene rings is 1. The van der Waals surface area contributed by atoms with Crippen LogP contribution in [0.2, 0.25) is 0 Å². The maximum absolute atomic E-state index is 13.4. The van der Waals surface area contributed by atoms with Crippen LogP contribution in [0.15, 0.2) is 36.7 Å². The third-order valence-electron chi connectivity index (χ3n) is 3.19. The minimum absolute atomic E-state index is 0.000463. The van der Waals surface area contributed by atoms with Crippen molar-refractivity contribution in [2.75, 3.05) is 18.0 Å². The molecule has 0 aliphatic carbocycles. The molecule has 2 rings (SSSR count). The zero-order chi connectivity index (χ0) is 13.8. The Bertz CT molecular complexity index is 538. The van der Waals surface area contributed by atoms with Crippen LogP contribution in [0, 0.1) is 5.82 Å². The number of aryl methyl sites for hydroxylation is 1. The van der Waals surface area contributed by atoms with E-state index in [4.69, 9.17) is 5.73 Å². The summed E-state index contributed by atoms with van der Waals surface area (Å²) >= 11 is 0. The van der Waals surface area contributed by atoms with Gasteiger partial charge in [-0.15, -0.1) is 0 Å². The van der Waals surface area contributed by atoms with Crippen molar-refractivity contribution in [2.24, 2.45) is 12.8 Å². The Labute approximate surface area is 112 Å². The third kappa shape index (κ3) is 2.93. The van der Waals surface area contributed by atoms with Crippen molar-refractivity contribution in [2.45, 2.75) is 13.0 Å². The van der Waals surface area contributed by atoms with Crippen LogP contribution >= 0.6 is 0 Å². The van der Waals surface area contributed by atoms with Gasteiger partial charge in [-0.05, 0) is 25.1 Å². The quantitative estimate of drug-likeness (QED) is 0.897. The SMILES string of the molecule is CCN(c1cccc(F)c1)C(CN)c1cnn(C)c1. The molecular weight excluding hydrogens is 243 g/mol. The highest BCUT2D eigenvalue weighted by atomic mass is 19.1. The maximum Gasteiger partial charge on any atom is 0.125 e. The summed E-state index contributed by atoms with van der Waals surface area (Å²) in [4.78, 5) is 2.08. The summed E-state index contributed by atoms with van der Waals surface area (Å²) in [5.74, 6) is -0.238. The van der Waals surface area contributed by atoms with Crippen molar-refractivity contribution < 1.29 is 4.39 Å². The van der Waals surface area contributed by atoms with Crippen molar-refractivity contribution in [1.29, 1.82) is 0 Å². The van der Waals surface area contributed by atoms with Crippen molar-refractivity contribution >= 4 is 5.69 Å². The minimum atomic E-state index is -0.238. The number of rotatable bonds is 5. The molecule has 0 aliphatic heterocycles. The molecule has 1 heterocycles. The first kappa shape index (κ1) is 13.5. The first-order valence-electron chi connectivity index (χ1n) is 6.36. The number of hydrogen-bond donors (Lipinski definition) is 1. The van der Waals surface area contributed by atoms with E-state index in [9.17, 15) is 4.39 Å². The number of nitrogens with zero attached hydrogens (tertiary/aromatic N) is 3. The van der Waals surface area contributed by atoms with Crippen LogP contribution in [-0.2, 0) is 7.05 Å². The van der Waals surface area contributed by atoms with Gasteiger partial charge in [0.2, 0.25) is 0 Å². The monoisotopic (exact) mass is 262 g/mol. The van der Waals surface area contributed by atoms with Gasteiger partial charge in [0.05, 0.1) is 12.2 Å². The first-order chi connectivity index (χ1) is 9.15. The predicted octanol–water partition coefficient (Wildman–Crippen LogP) is 2.09. The van der Waals surface area contributed by atoms with E-state index >= 15 is 0 Å². The highest BCUT2D eigenvalue weighted by Gasteiger charge is 2.19. The molecule has 2 N–H and O–H groups in total. The van der Waals surface area contributed by atoms with Crippen LogP contribution in [0.3, 0.4) is 0 Å². The number of nitrogens with two attached hydrogens (primary N) is 1. The van der Waals surface area contributed by atoms with Crippen LogP contribution in [-0.4, -0.2) is 22.9 Å². The summed E-state index contributed by atoms with van der Waals surface area (Å²) in [5.41, 5.74) is 7.77. The van der Waals surface area contributed by atoms with Gasteiger partial charge >= 0.3 is 0 Å². The Morgan fingerprint density at radius 2 is 2.26 bits per heavy atom. The van der Waals surface area contributed by atoms with E-state index in [0.29, 0.717) is 6.54 Å². The van der Waals surface area contributed by atoms with Crippen molar-refractivity contribution in [3.05, 3.63) is 48.0 Å². The molecular formula is C14H19FN4. The fourth-order valence-corrected chi connectivity index (χ4v) is 2.29. The molecule has 0 saturated heterocycles. The van der Waals surface area contributed by atoms with E-state index in [-0.39, 0.29) is 11.9 Å². The van der Waals surface area contributed by atoms with Crippen LogP contribution in [0.4, 0.5) is 10.1 Å². The normalized spacial score (nSPS) is 12.4. The molecule has 4 nitrogen and oxygen atoms in total. The van der Waals surface area contributed by atoms with E-state index in [2.05, 4.69) is 10.00 Å². The van der Waals surface area contributed by atoms with Gasteiger partial charge in [-0.2, -0.15) is 5.10 Å². The maximum atomic E-state index is 13.4. The Kier molecular flexibility index (Phi) is 4.16. The Hall–Kier alpha value is -1.88. The van der Waals surface area contributed by atoms with Gasteiger partial charge in [-0.3, -0.25) is 4.68 Å². The lowest BCUT2D eigenvalue weighted by atomic mass is 10.1. The van der Waals surface area contributed by atoms with E-state index < -0.39 is 0 Å². The summed E-state index contributed by atoms with van der Waals surface area (Å²) in [5, 5.41) is 4.17. The standard InChI is InChI=1S/C14H19FN4/c1-3-19(13-6-4-5-12(15)7-13)14(8-16)11-9-17-18(2)10-11/h4-7,9-10,14H,3,8,16H2,1-2H3. The van der Waals surface area contributed by atoms with Crippen molar-refractivity contribution in [3.63, 3.8) is 0 Å². The molecule has 0 spiro atoms. The minimum Gasteiger partial charge on any atom is -0.363 e. The molecule has 0 fully saturated rings. The van der Waals surface area contributed by atoms with Gasteiger partial charge in [0.1, 0.15) is 5.82 Å². The van der Waals surface area contributed by atoms with Gasteiger partial charge in [0, 0.05) is 37.6 Å². The molecule has 19 heavy (non-hydrogen) atoms. The number of aromatic nitrogens is 2. The molecule has 0 bridgehead atoms. The van der Waals surface area contributed by atoms with Gasteiger partial charge in [-0.25, -0.2) is 4.39 Å². The highest BCUT2D eigenvalue weighted by molar-refractivity contribution is 5.48. The van der Waals surface area contributed by atoms with Crippen molar-refractivity contribution in [3.8, 4) is 0 Å². The van der Waals surface area contributed by atoms with Crippen LogP contribution in [0.5, 0.6) is 0 Å². The van der Waals surface area contributed by atoms with Gasteiger partial charge in [0.25, 0.3) is 0 Å². The fourth-order valence-electron chi connectivity index (χ4n) is 2.29. The lowest BCUT2D eigenvalue weighted by molar-refractivity contribution is 0.616. The Morgan fingerprint density at radius 3 is 2.79 bits per heavy atom. The molecule has 0 amide bonds. The van der Waals surface area contributed by atoms with E-state index in [1.807, 2.05) is 26.2 Å². The zero-order valence-corrected chi connectivity index (χ0v) is 11.3. The number of hydrogen-bond acceptors (Lipinski definition) is 3. The Balaban J connectivity index is 2.33. The number of halogens is 1. The van der Waals surface area contributed by atoms with Crippen molar-refractivity contribution in [1.82, 2.24) is 9.78 Å². The lowest BCUT2D eigenvalue weighted by Crippen LogP contribution is -2.33. The van der Waals surface area contributed by atoms with Crippen LogP contribution < -0.4 is 10.6 Å². The van der Waals surface area contributed by atoms with Gasteiger partial charge in [-0.1, -0.05) is 6.07 Å². The summed E-state index contributed by atoms with van der Waals surface area (Å²) in [6, 6.07) is 6.58. The zero-order valence-electron chi connectivity index (χ0n) is 11.3. The van der Waals surface area contributed by atoms with E-state index in [0.717, 1.165) is 17.8 Å². The van der Waals surface area contributed by atoms with Crippen LogP contribution in [0.25, 0.3) is 0 Å². The molecule has 1 aromatic heterocycles. The molecule has 1 atom stereocenters. The second-order valence-electron chi connectivity index (χ2n) is 4.46. The summed E-state index contributed by atoms with van der Waals surface area (Å²) < 4.78 is 15.1. The second-order valence-corrected chi connectivity index (χ2v) is 4.46. The summed E-state index contributed by atoms with van der Waals surface area (Å²) in [6.45, 7) is 3.24. The highest BCUT2D eigenvalue weighted by Crippen LogP contribution is 2.26. The molecule has 0 saturated carbocycles. The first-order valence-corrected chi connectivity index (χ1v) is 6.36. The predicted molar refractivity (Wildman–Crippen MR) is 74.4 cm³/mol. The molecule has 1 unspecified atom stereocenters. The molecule has 102 valence electrons. The third-order valence-corrected chi connectivity index (χ3v) is 3.19. The average molecular weight is 262 g/mol. The summed E-state index contributed by atoms with van der Waals surface area (Å²) in [7, 11) is 1.87. The molecule has 1 aromatic carbocycles. The average Bonchev–Trinajstić information content (AvgIpc) is 2.82. The van der Waals surface area contributed by atoms with E-state index in [1.54, 1.807) is 16.9 Å². The van der Waals surface area contributed by atoms with Crippen LogP contribution in [0.1, 0.15) is 18.5 Å². The number of anilines is 1. The van der Waals surface area contributed by atoms with Gasteiger partial charge < -0.3 is 10.6 Å². The van der Waals surface area contributed by atoms with E-state index in [1.165, 1.54) is 12.1 Å². The van der Waals surface area contributed by atoms with Gasteiger partial charge in [0.15, 0.2) is 0 Å². The molecule has 2 aromatic rings. The smallest absolute Gasteiger partial charge is 0.125 e. The molecule has 0 radical (unpaired) electrons. The summed E-state index contributed by atoms with van der Waals surface area (Å²) in [6.07, 6.45) is 3.75. The number of likely N-dealkylation sites (N-methyl/N-ethyl adjacent to an activating group) is 1. The topological polar surface area (TPSA) is 47.1 Å².